The SMILES string of the molecule is COc1ccc(/C=C/C=C/C(=O)c2ccc(Br)cc2)cc1. The van der Waals surface area contributed by atoms with Crippen LogP contribution in [-0.2, 0) is 0 Å². The fourth-order valence-corrected chi connectivity index (χ4v) is 2.00. The van der Waals surface area contributed by atoms with Crippen LogP contribution < -0.4 is 4.74 Å². The van der Waals surface area contributed by atoms with Crippen molar-refractivity contribution in [1.29, 1.82) is 0 Å². The predicted octanol–water partition coefficient (Wildman–Crippen LogP) is 4.91. The Morgan fingerprint density at radius 3 is 2.29 bits per heavy atom. The Balaban J connectivity index is 1.96. The summed E-state index contributed by atoms with van der Waals surface area (Å²) < 4.78 is 6.06. The maximum atomic E-state index is 11.9. The zero-order valence-corrected chi connectivity index (χ0v) is 13.2. The van der Waals surface area contributed by atoms with Gasteiger partial charge in [-0.15, -0.1) is 0 Å². The van der Waals surface area contributed by atoms with E-state index < -0.39 is 0 Å². The lowest BCUT2D eigenvalue weighted by atomic mass is 10.1. The van der Waals surface area contributed by atoms with Crippen LogP contribution in [0.4, 0.5) is 0 Å². The van der Waals surface area contributed by atoms with Crippen molar-refractivity contribution in [3.05, 3.63) is 82.4 Å². The van der Waals surface area contributed by atoms with Gasteiger partial charge in [0.2, 0.25) is 0 Å². The molecule has 2 aromatic carbocycles. The fraction of sp³-hybridized carbons (Fsp3) is 0.0556. The first-order chi connectivity index (χ1) is 10.2. The van der Waals surface area contributed by atoms with Crippen molar-refractivity contribution in [2.24, 2.45) is 0 Å². The first-order valence-electron chi connectivity index (χ1n) is 6.48. The highest BCUT2D eigenvalue weighted by Crippen LogP contribution is 2.13. The van der Waals surface area contributed by atoms with Crippen LogP contribution in [0.15, 0.2) is 71.2 Å². The van der Waals surface area contributed by atoms with E-state index in [0.29, 0.717) is 5.56 Å². The minimum absolute atomic E-state index is 0.0121. The lowest BCUT2D eigenvalue weighted by Crippen LogP contribution is -1.92. The largest absolute Gasteiger partial charge is 0.497 e. The zero-order valence-electron chi connectivity index (χ0n) is 11.6. The van der Waals surface area contributed by atoms with Gasteiger partial charge in [0.1, 0.15) is 5.75 Å². The molecule has 0 bridgehead atoms. The minimum Gasteiger partial charge on any atom is -0.497 e. The summed E-state index contributed by atoms with van der Waals surface area (Å²) in [6.07, 6.45) is 7.08. The molecule has 0 atom stereocenters. The maximum absolute atomic E-state index is 11.9. The molecule has 0 radical (unpaired) electrons. The Morgan fingerprint density at radius 1 is 1.00 bits per heavy atom. The van der Waals surface area contributed by atoms with Crippen molar-refractivity contribution >= 4 is 27.8 Å². The summed E-state index contributed by atoms with van der Waals surface area (Å²) in [5.74, 6) is 0.815. The monoisotopic (exact) mass is 342 g/mol. The predicted molar refractivity (Wildman–Crippen MR) is 89.6 cm³/mol. The number of allylic oxidation sites excluding steroid dienone is 3. The molecule has 0 fully saturated rings. The Kier molecular flexibility index (Phi) is 5.52. The molecule has 106 valence electrons. The third-order valence-electron chi connectivity index (χ3n) is 2.89. The highest BCUT2D eigenvalue weighted by Gasteiger charge is 1.99. The molecule has 0 aliphatic carbocycles. The number of benzene rings is 2. The average molecular weight is 343 g/mol. The van der Waals surface area contributed by atoms with Crippen LogP contribution in [0, 0.1) is 0 Å². The molecule has 0 unspecified atom stereocenters. The van der Waals surface area contributed by atoms with E-state index in [1.807, 2.05) is 48.6 Å². The quantitative estimate of drug-likeness (QED) is 0.438. The Labute approximate surface area is 132 Å². The number of hydrogen-bond donors (Lipinski definition) is 0. The first-order valence-corrected chi connectivity index (χ1v) is 7.27. The van der Waals surface area contributed by atoms with Gasteiger partial charge in [-0.05, 0) is 48.0 Å². The summed E-state index contributed by atoms with van der Waals surface area (Å²) in [5, 5.41) is 0. The molecule has 0 aliphatic rings. The van der Waals surface area contributed by atoms with Crippen molar-refractivity contribution < 1.29 is 9.53 Å². The van der Waals surface area contributed by atoms with Gasteiger partial charge in [-0.3, -0.25) is 4.79 Å². The van der Waals surface area contributed by atoms with Crippen molar-refractivity contribution in [2.45, 2.75) is 0 Å². The van der Waals surface area contributed by atoms with Crippen LogP contribution in [0.1, 0.15) is 15.9 Å². The summed E-state index contributed by atoms with van der Waals surface area (Å²) >= 11 is 3.35. The highest BCUT2D eigenvalue weighted by molar-refractivity contribution is 9.10. The van der Waals surface area contributed by atoms with Crippen LogP contribution >= 0.6 is 15.9 Å². The molecule has 0 saturated heterocycles. The molecule has 2 rings (SSSR count). The van der Waals surface area contributed by atoms with Crippen molar-refractivity contribution in [2.75, 3.05) is 7.11 Å². The Bertz CT molecular complexity index is 653. The third kappa shape index (κ3) is 4.72. The molecular weight excluding hydrogens is 328 g/mol. The van der Waals surface area contributed by atoms with Crippen LogP contribution in [0.25, 0.3) is 6.08 Å². The Hall–Kier alpha value is -2.13. The number of ether oxygens (including phenoxy) is 1. The number of methoxy groups -OCH3 is 1. The van der Waals surface area contributed by atoms with Gasteiger partial charge < -0.3 is 4.74 Å². The standard InChI is InChI=1S/C18H15BrO2/c1-21-17-12-6-14(7-13-17)4-2-3-5-18(20)15-8-10-16(19)11-9-15/h2-13H,1H3/b4-2+,5-3+. The van der Waals surface area contributed by atoms with E-state index in [-0.39, 0.29) is 5.78 Å². The second kappa shape index (κ2) is 7.60. The number of ketones is 1. The minimum atomic E-state index is -0.0121. The molecule has 2 nitrogen and oxygen atoms in total. The molecule has 21 heavy (non-hydrogen) atoms. The second-order valence-electron chi connectivity index (χ2n) is 4.36. The number of carbonyl (C=O) groups excluding carboxylic acids is 1. The molecule has 0 amide bonds. The number of hydrogen-bond acceptors (Lipinski definition) is 2. The van der Waals surface area contributed by atoms with Gasteiger partial charge in [0, 0.05) is 10.0 Å². The third-order valence-corrected chi connectivity index (χ3v) is 3.42. The van der Waals surface area contributed by atoms with Gasteiger partial charge in [0.15, 0.2) is 5.78 Å². The first kappa shape index (κ1) is 15.3. The summed E-state index contributed by atoms with van der Waals surface area (Å²) in [5.41, 5.74) is 1.73. The van der Waals surface area contributed by atoms with E-state index in [2.05, 4.69) is 15.9 Å². The number of carbonyl (C=O) groups is 1. The van der Waals surface area contributed by atoms with E-state index in [0.717, 1.165) is 15.8 Å². The average Bonchev–Trinajstić information content (AvgIpc) is 2.52. The van der Waals surface area contributed by atoms with Crippen LogP contribution in [-0.4, -0.2) is 12.9 Å². The Morgan fingerprint density at radius 2 is 1.67 bits per heavy atom. The van der Waals surface area contributed by atoms with Crippen LogP contribution in [0.3, 0.4) is 0 Å². The summed E-state index contributed by atoms with van der Waals surface area (Å²) in [4.78, 5) is 11.9. The van der Waals surface area contributed by atoms with Gasteiger partial charge in [-0.2, -0.15) is 0 Å². The molecule has 2 aromatic rings. The van der Waals surface area contributed by atoms with Gasteiger partial charge in [-0.1, -0.05) is 46.3 Å². The van der Waals surface area contributed by atoms with Gasteiger partial charge in [-0.25, -0.2) is 0 Å². The molecule has 0 heterocycles. The highest BCUT2D eigenvalue weighted by atomic mass is 79.9. The molecule has 0 aromatic heterocycles. The van der Waals surface area contributed by atoms with E-state index in [1.165, 1.54) is 0 Å². The van der Waals surface area contributed by atoms with Crippen LogP contribution in [0.2, 0.25) is 0 Å². The van der Waals surface area contributed by atoms with E-state index in [1.54, 1.807) is 31.4 Å². The number of rotatable bonds is 5. The van der Waals surface area contributed by atoms with Crippen molar-refractivity contribution in [3.8, 4) is 5.75 Å². The van der Waals surface area contributed by atoms with Crippen LogP contribution in [0.5, 0.6) is 5.75 Å². The normalized spacial score (nSPS) is 11.1. The topological polar surface area (TPSA) is 26.3 Å². The molecule has 0 saturated carbocycles. The van der Waals surface area contributed by atoms with Gasteiger partial charge >= 0.3 is 0 Å². The van der Waals surface area contributed by atoms with Crippen molar-refractivity contribution in [3.63, 3.8) is 0 Å². The molecule has 0 N–H and O–H groups in total. The summed E-state index contributed by atoms with van der Waals surface area (Å²) in [6.45, 7) is 0. The number of halogens is 1. The summed E-state index contributed by atoms with van der Waals surface area (Å²) in [6, 6.07) is 15.0. The lowest BCUT2D eigenvalue weighted by Gasteiger charge is -1.98. The fourth-order valence-electron chi connectivity index (χ4n) is 1.74. The zero-order chi connectivity index (χ0) is 15.1. The molecule has 0 aliphatic heterocycles. The van der Waals surface area contributed by atoms with Crippen molar-refractivity contribution in [1.82, 2.24) is 0 Å². The molecular formula is C18H15BrO2. The second-order valence-corrected chi connectivity index (χ2v) is 5.28. The summed E-state index contributed by atoms with van der Waals surface area (Å²) in [7, 11) is 1.64. The lowest BCUT2D eigenvalue weighted by molar-refractivity contribution is 0.104. The maximum Gasteiger partial charge on any atom is 0.185 e. The molecule has 0 spiro atoms. The smallest absolute Gasteiger partial charge is 0.185 e. The van der Waals surface area contributed by atoms with Gasteiger partial charge in [0.05, 0.1) is 7.11 Å². The van der Waals surface area contributed by atoms with E-state index in [4.69, 9.17) is 4.74 Å². The molecule has 3 heteroatoms. The van der Waals surface area contributed by atoms with E-state index >= 15 is 0 Å². The van der Waals surface area contributed by atoms with E-state index in [9.17, 15) is 4.79 Å². The van der Waals surface area contributed by atoms with Gasteiger partial charge in [0.25, 0.3) is 0 Å².